The molecule has 382 valence electrons. The first-order valence-corrected chi connectivity index (χ1v) is 24.8. The van der Waals surface area contributed by atoms with Gasteiger partial charge < -0.3 is 67.5 Å². The number of ether oxygens (including phenoxy) is 8. The molecule has 9 rings (SSSR count). The van der Waals surface area contributed by atoms with Crippen molar-refractivity contribution < 1.29 is 52.6 Å². The van der Waals surface area contributed by atoms with E-state index in [1.807, 2.05) is 67.5 Å². The Morgan fingerprint density at radius 1 is 0.653 bits per heavy atom. The van der Waals surface area contributed by atoms with Crippen LogP contribution >= 0.6 is 0 Å². The van der Waals surface area contributed by atoms with Crippen LogP contribution in [0.25, 0.3) is 0 Å². The van der Waals surface area contributed by atoms with Crippen LogP contribution < -0.4 is 43.4 Å². The van der Waals surface area contributed by atoms with Gasteiger partial charge in [-0.05, 0) is 84.0 Å². The number of amides is 1. The molecule has 5 aromatic rings. The summed E-state index contributed by atoms with van der Waals surface area (Å²) in [6, 6.07) is 30.2. The van der Waals surface area contributed by atoms with Crippen LogP contribution in [0.4, 0.5) is 28.4 Å². The molecule has 3 atom stereocenters. The fraction of sp³-hybridized carbons (Fsp3) is 0.429. The number of carbonyl (C=O) groups is 2. The number of aliphatic hydroxyl groups excluding tert-OH is 1. The number of fused-ring (bicyclic) bond motifs is 8. The van der Waals surface area contributed by atoms with Gasteiger partial charge in [0.05, 0.1) is 77.7 Å². The number of rotatable bonds is 22. The number of likely N-dealkylation sites (N-methyl/N-ethyl adjacent to an activating group) is 2. The van der Waals surface area contributed by atoms with Crippen LogP contribution in [-0.2, 0) is 49.8 Å². The minimum Gasteiger partial charge on any atom is -0.493 e. The van der Waals surface area contributed by atoms with Gasteiger partial charge in [0.15, 0.2) is 29.2 Å². The Morgan fingerprint density at radius 3 is 1.94 bits per heavy atom. The van der Waals surface area contributed by atoms with E-state index < -0.39 is 6.23 Å². The molecule has 72 heavy (non-hydrogen) atoms. The van der Waals surface area contributed by atoms with E-state index in [-0.39, 0.29) is 43.6 Å². The number of aliphatic hydroxyl groups is 1. The lowest BCUT2D eigenvalue weighted by molar-refractivity contribution is -0.140. The van der Waals surface area contributed by atoms with Gasteiger partial charge in [-0.1, -0.05) is 36.4 Å². The molecule has 1 unspecified atom stereocenters. The molecule has 0 spiro atoms. The number of methoxy groups -OCH3 is 4. The first-order valence-electron chi connectivity index (χ1n) is 24.8. The maximum absolute atomic E-state index is 14.3. The topological polar surface area (TPSA) is 144 Å². The van der Waals surface area contributed by atoms with Crippen LogP contribution in [0.2, 0.25) is 0 Å². The van der Waals surface area contributed by atoms with Gasteiger partial charge in [-0.3, -0.25) is 9.59 Å². The average Bonchev–Trinajstić information content (AvgIpc) is 3.90. The molecule has 0 saturated heterocycles. The van der Waals surface area contributed by atoms with Crippen LogP contribution in [0, 0.1) is 0 Å². The van der Waals surface area contributed by atoms with Gasteiger partial charge in [0.25, 0.3) is 5.91 Å². The summed E-state index contributed by atoms with van der Waals surface area (Å²) in [4.78, 5) is 37.2. The second kappa shape index (κ2) is 22.8. The van der Waals surface area contributed by atoms with Gasteiger partial charge in [0.1, 0.15) is 13.2 Å². The summed E-state index contributed by atoms with van der Waals surface area (Å²) in [5.74, 6) is 1.64. The normalized spacial score (nSPS) is 17.5. The van der Waals surface area contributed by atoms with Crippen molar-refractivity contribution in [3.8, 4) is 23.0 Å². The maximum Gasteiger partial charge on any atom is 0.305 e. The SMILES string of the molecule is COCCOCCOCCN(CCCC(=O)OC)c1cc(COc2cc3c(cc2OC)C(=O)N2c4ccccc4C[C@H]2CN3C)cc(COc2cc3c(cc2OC)C(O)N2c4ccccc4C[C@H]2CN3C)c1. The number of hydrogen-bond acceptors (Lipinski definition) is 15. The Hall–Kier alpha value is -6.72. The molecule has 1 N–H and O–H groups in total. The molecule has 16 heteroatoms. The van der Waals surface area contributed by atoms with Crippen molar-refractivity contribution in [1.29, 1.82) is 0 Å². The third-order valence-electron chi connectivity index (χ3n) is 14.1. The monoisotopic (exact) mass is 985 g/mol. The van der Waals surface area contributed by atoms with E-state index >= 15 is 0 Å². The fourth-order valence-electron chi connectivity index (χ4n) is 10.6. The number of benzene rings is 5. The summed E-state index contributed by atoms with van der Waals surface area (Å²) in [5.41, 5.74) is 9.91. The van der Waals surface area contributed by atoms with Crippen molar-refractivity contribution in [2.75, 3.05) is 126 Å². The minimum absolute atomic E-state index is 0.00427. The molecule has 4 aliphatic rings. The highest BCUT2D eigenvalue weighted by atomic mass is 16.5. The molecular formula is C56H67N5O11. The maximum atomic E-state index is 14.3. The summed E-state index contributed by atoms with van der Waals surface area (Å²) >= 11 is 0. The molecule has 4 aliphatic heterocycles. The van der Waals surface area contributed by atoms with Gasteiger partial charge in [0, 0.05) is 94.3 Å². The molecule has 0 aromatic heterocycles. The van der Waals surface area contributed by atoms with Crippen LogP contribution in [0.5, 0.6) is 23.0 Å². The standard InChI is InChI=1S/C56H67N5O11/c1-57-33-42-27-39-12-7-9-14-46(39)60(42)55(63)44-29-50(66-4)52(31-48(44)57)71-35-37-24-38(26-41(25-37)59(17-11-16-54(62)68-6)18-19-69-22-23-70-21-20-65-3)36-72-53-32-49-45(30-51(53)67-5)56(64)61-43(34-58(49)2)28-40-13-8-10-15-47(40)61/h7-10,12-15,24-26,29-32,42-43,55,63H,11,16-23,27-28,33-36H2,1-6H3/t42-,43-,55?/m0/s1. The number of nitrogens with zero attached hydrogens (tertiary/aromatic N) is 5. The number of anilines is 5. The molecule has 16 nitrogen and oxygen atoms in total. The van der Waals surface area contributed by atoms with Gasteiger partial charge in [-0.25, -0.2) is 0 Å². The van der Waals surface area contributed by atoms with Crippen LogP contribution in [0.15, 0.2) is 91.0 Å². The van der Waals surface area contributed by atoms with E-state index in [0.717, 1.165) is 58.0 Å². The lowest BCUT2D eigenvalue weighted by Crippen LogP contribution is -2.41. The highest BCUT2D eigenvalue weighted by molar-refractivity contribution is 6.12. The summed E-state index contributed by atoms with van der Waals surface area (Å²) < 4.78 is 47.0. The van der Waals surface area contributed by atoms with Gasteiger partial charge in [0.2, 0.25) is 0 Å². The van der Waals surface area contributed by atoms with Crippen LogP contribution in [-0.4, -0.2) is 131 Å². The van der Waals surface area contributed by atoms with E-state index in [1.165, 1.54) is 18.2 Å². The van der Waals surface area contributed by atoms with E-state index in [2.05, 4.69) is 56.0 Å². The van der Waals surface area contributed by atoms with Gasteiger partial charge >= 0.3 is 5.97 Å². The fourth-order valence-corrected chi connectivity index (χ4v) is 10.6. The van der Waals surface area contributed by atoms with Crippen molar-refractivity contribution in [2.24, 2.45) is 0 Å². The third kappa shape index (κ3) is 10.7. The minimum atomic E-state index is -0.882. The van der Waals surface area contributed by atoms with E-state index in [0.29, 0.717) is 94.2 Å². The Balaban J connectivity index is 1.00. The molecule has 4 heterocycles. The first kappa shape index (κ1) is 50.2. The summed E-state index contributed by atoms with van der Waals surface area (Å²) in [6.07, 6.45) is 1.55. The summed E-state index contributed by atoms with van der Waals surface area (Å²) in [6.45, 7) is 5.05. The highest BCUT2D eigenvalue weighted by Crippen LogP contribution is 2.47. The van der Waals surface area contributed by atoms with E-state index in [1.54, 1.807) is 27.4 Å². The Morgan fingerprint density at radius 2 is 1.25 bits per heavy atom. The molecule has 0 fully saturated rings. The molecule has 0 bridgehead atoms. The predicted molar refractivity (Wildman–Crippen MR) is 277 cm³/mol. The number of esters is 1. The second-order valence-corrected chi connectivity index (χ2v) is 18.7. The smallest absolute Gasteiger partial charge is 0.305 e. The zero-order chi connectivity index (χ0) is 50.3. The predicted octanol–water partition coefficient (Wildman–Crippen LogP) is 7.19. The Kier molecular flexibility index (Phi) is 15.9. The first-order chi connectivity index (χ1) is 35.1. The second-order valence-electron chi connectivity index (χ2n) is 18.7. The van der Waals surface area contributed by atoms with Crippen molar-refractivity contribution in [3.63, 3.8) is 0 Å². The van der Waals surface area contributed by atoms with Gasteiger partial charge in [-0.2, -0.15) is 0 Å². The number of carbonyl (C=O) groups excluding carboxylic acids is 2. The average molecular weight is 986 g/mol. The molecule has 0 saturated carbocycles. The van der Waals surface area contributed by atoms with Crippen LogP contribution in [0.3, 0.4) is 0 Å². The van der Waals surface area contributed by atoms with Crippen molar-refractivity contribution in [3.05, 3.63) is 124 Å². The van der Waals surface area contributed by atoms with Crippen molar-refractivity contribution in [1.82, 2.24) is 0 Å². The highest BCUT2D eigenvalue weighted by Gasteiger charge is 2.41. The lowest BCUT2D eigenvalue weighted by atomic mass is 10.1. The third-order valence-corrected chi connectivity index (χ3v) is 14.1. The molecule has 0 aliphatic carbocycles. The zero-order valence-electron chi connectivity index (χ0n) is 42.3. The van der Waals surface area contributed by atoms with E-state index in [4.69, 9.17) is 37.9 Å². The number of para-hydroxylation sites is 2. The molecular weight excluding hydrogens is 919 g/mol. The molecule has 1 amide bonds. The van der Waals surface area contributed by atoms with Crippen molar-refractivity contribution in [2.45, 2.75) is 57.2 Å². The Bertz CT molecular complexity index is 2720. The van der Waals surface area contributed by atoms with E-state index in [9.17, 15) is 14.7 Å². The summed E-state index contributed by atoms with van der Waals surface area (Å²) in [5, 5.41) is 12.0. The molecule has 0 radical (unpaired) electrons. The van der Waals surface area contributed by atoms with Gasteiger partial charge in [-0.15, -0.1) is 0 Å². The molecule has 5 aromatic carbocycles. The number of hydrogen-bond donors (Lipinski definition) is 1. The van der Waals surface area contributed by atoms with Crippen LogP contribution in [0.1, 0.15) is 57.2 Å². The quantitative estimate of drug-likeness (QED) is 0.0551. The lowest BCUT2D eigenvalue weighted by Gasteiger charge is -2.30. The van der Waals surface area contributed by atoms with Crippen molar-refractivity contribution >= 4 is 40.3 Å². The largest absolute Gasteiger partial charge is 0.493 e. The summed E-state index contributed by atoms with van der Waals surface area (Å²) in [7, 11) is 10.3. The zero-order valence-corrected chi connectivity index (χ0v) is 42.3. The Labute approximate surface area is 422 Å².